The van der Waals surface area contributed by atoms with Gasteiger partial charge < -0.3 is 15.5 Å². The van der Waals surface area contributed by atoms with Crippen LogP contribution in [0.2, 0.25) is 0 Å². The van der Waals surface area contributed by atoms with Gasteiger partial charge in [0.2, 0.25) is 11.8 Å². The predicted molar refractivity (Wildman–Crippen MR) is 135 cm³/mol. The molecule has 2 fully saturated rings. The van der Waals surface area contributed by atoms with Crippen LogP contribution in [0, 0.1) is 5.92 Å². The Morgan fingerprint density at radius 1 is 1.15 bits per heavy atom. The largest absolute Gasteiger partial charge is 0.344 e. The lowest BCUT2D eigenvalue weighted by Crippen LogP contribution is -2.52. The van der Waals surface area contributed by atoms with Crippen LogP contribution < -0.4 is 10.6 Å². The van der Waals surface area contributed by atoms with E-state index in [1.165, 1.54) is 19.3 Å². The molecule has 1 heterocycles. The smallest absolute Gasteiger partial charge is 0.243 e. The number of nitrogens with one attached hydrogen (secondary N) is 2. The maximum Gasteiger partial charge on any atom is 0.243 e. The van der Waals surface area contributed by atoms with Crippen molar-refractivity contribution in [3.05, 3.63) is 48.6 Å². The molecule has 1 aromatic carbocycles. The van der Waals surface area contributed by atoms with Gasteiger partial charge in [0, 0.05) is 25.4 Å². The molecule has 0 spiro atoms. The van der Waals surface area contributed by atoms with Crippen LogP contribution in [0.4, 0.5) is 0 Å². The monoisotopic (exact) mass is 467 g/mol. The number of carbonyl (C=O) groups is 3. The van der Waals surface area contributed by atoms with Crippen LogP contribution in [-0.2, 0) is 14.4 Å². The molecule has 0 radical (unpaired) electrons. The third-order valence-electron chi connectivity index (χ3n) is 7.25. The van der Waals surface area contributed by atoms with Gasteiger partial charge in [0.15, 0.2) is 5.78 Å². The van der Waals surface area contributed by atoms with Crippen LogP contribution in [0.5, 0.6) is 0 Å². The van der Waals surface area contributed by atoms with Gasteiger partial charge in [-0.2, -0.15) is 0 Å². The van der Waals surface area contributed by atoms with Gasteiger partial charge >= 0.3 is 0 Å². The number of rotatable bonds is 12. The Balaban J connectivity index is 1.71. The maximum absolute atomic E-state index is 13.5. The second kappa shape index (κ2) is 13.4. The van der Waals surface area contributed by atoms with Gasteiger partial charge in [0.1, 0.15) is 6.04 Å². The molecule has 2 aliphatic rings. The molecular weight excluding hydrogens is 426 g/mol. The minimum Gasteiger partial charge on any atom is -0.344 e. The van der Waals surface area contributed by atoms with E-state index in [4.69, 9.17) is 0 Å². The van der Waals surface area contributed by atoms with Crippen LogP contribution >= 0.6 is 0 Å². The average Bonchev–Trinajstić information content (AvgIpc) is 3.31. The van der Waals surface area contributed by atoms with Gasteiger partial charge in [-0.15, -0.1) is 6.58 Å². The number of hydrogen-bond donors (Lipinski definition) is 2. The number of nitrogens with zero attached hydrogens (tertiary/aromatic N) is 1. The van der Waals surface area contributed by atoms with E-state index in [-0.39, 0.29) is 30.1 Å². The van der Waals surface area contributed by atoms with E-state index in [1.54, 1.807) is 11.0 Å². The summed E-state index contributed by atoms with van der Waals surface area (Å²) in [5.41, 5.74) is 1.16. The Hall–Kier alpha value is -2.47. The first kappa shape index (κ1) is 26.1. The minimum absolute atomic E-state index is 0.0326. The molecule has 1 saturated carbocycles. The first-order chi connectivity index (χ1) is 16.5. The summed E-state index contributed by atoms with van der Waals surface area (Å²) >= 11 is 0. The van der Waals surface area contributed by atoms with Gasteiger partial charge in [0.25, 0.3) is 0 Å². The van der Waals surface area contributed by atoms with Crippen molar-refractivity contribution in [3.63, 3.8) is 0 Å². The fraction of sp³-hybridized carbons (Fsp3) is 0.607. The summed E-state index contributed by atoms with van der Waals surface area (Å²) in [7, 11) is 0. The molecule has 6 nitrogen and oxygen atoms in total. The topological polar surface area (TPSA) is 78.5 Å². The molecule has 34 heavy (non-hydrogen) atoms. The Labute approximate surface area is 204 Å². The lowest BCUT2D eigenvalue weighted by atomic mass is 9.86. The predicted octanol–water partition coefficient (Wildman–Crippen LogP) is 3.97. The second-order valence-corrected chi connectivity index (χ2v) is 9.85. The molecule has 3 atom stereocenters. The molecule has 2 N–H and O–H groups in total. The highest BCUT2D eigenvalue weighted by Gasteiger charge is 2.41. The van der Waals surface area contributed by atoms with Crippen molar-refractivity contribution >= 4 is 17.6 Å². The fourth-order valence-electron chi connectivity index (χ4n) is 5.37. The van der Waals surface area contributed by atoms with Crippen molar-refractivity contribution in [1.82, 2.24) is 15.5 Å². The zero-order valence-corrected chi connectivity index (χ0v) is 20.6. The number of ketones is 1. The molecule has 3 unspecified atom stereocenters. The van der Waals surface area contributed by atoms with Crippen LogP contribution in [0.1, 0.15) is 76.2 Å². The van der Waals surface area contributed by atoms with Crippen LogP contribution in [0.15, 0.2) is 43.0 Å². The summed E-state index contributed by atoms with van der Waals surface area (Å²) in [4.78, 5) is 41.4. The fourth-order valence-corrected chi connectivity index (χ4v) is 5.37. The van der Waals surface area contributed by atoms with E-state index in [0.29, 0.717) is 38.3 Å². The highest BCUT2D eigenvalue weighted by atomic mass is 16.2. The number of hydrogen-bond acceptors (Lipinski definition) is 4. The van der Waals surface area contributed by atoms with Crippen molar-refractivity contribution in [1.29, 1.82) is 0 Å². The van der Waals surface area contributed by atoms with Crippen molar-refractivity contribution in [2.75, 3.05) is 19.6 Å². The first-order valence-corrected chi connectivity index (χ1v) is 13.0. The van der Waals surface area contributed by atoms with Crippen molar-refractivity contribution in [2.24, 2.45) is 5.92 Å². The summed E-state index contributed by atoms with van der Waals surface area (Å²) < 4.78 is 0. The van der Waals surface area contributed by atoms with Gasteiger partial charge in [-0.05, 0) is 37.2 Å². The van der Waals surface area contributed by atoms with Crippen LogP contribution in [-0.4, -0.2) is 54.2 Å². The van der Waals surface area contributed by atoms with E-state index in [1.807, 2.05) is 25.1 Å². The van der Waals surface area contributed by atoms with Crippen LogP contribution in [0.3, 0.4) is 0 Å². The summed E-state index contributed by atoms with van der Waals surface area (Å²) in [6.45, 7) is 6.96. The lowest BCUT2D eigenvalue weighted by molar-refractivity contribution is -0.140. The van der Waals surface area contributed by atoms with Crippen molar-refractivity contribution in [2.45, 2.75) is 82.7 Å². The quantitative estimate of drug-likeness (QED) is 0.360. The molecule has 1 aromatic rings. The lowest BCUT2D eigenvalue weighted by Gasteiger charge is -2.28. The molecule has 3 rings (SSSR count). The van der Waals surface area contributed by atoms with E-state index >= 15 is 0 Å². The van der Waals surface area contributed by atoms with E-state index in [2.05, 4.69) is 29.3 Å². The zero-order chi connectivity index (χ0) is 24.3. The molecule has 0 bridgehead atoms. The Kier molecular flexibility index (Phi) is 10.3. The average molecular weight is 468 g/mol. The first-order valence-electron chi connectivity index (χ1n) is 13.0. The third kappa shape index (κ3) is 7.26. The Morgan fingerprint density at radius 2 is 1.88 bits per heavy atom. The van der Waals surface area contributed by atoms with Crippen molar-refractivity contribution < 1.29 is 14.4 Å². The highest BCUT2D eigenvalue weighted by molar-refractivity contribution is 5.94. The van der Waals surface area contributed by atoms with E-state index in [9.17, 15) is 14.4 Å². The Morgan fingerprint density at radius 3 is 2.56 bits per heavy atom. The maximum atomic E-state index is 13.5. The van der Waals surface area contributed by atoms with Crippen LogP contribution in [0.25, 0.3) is 0 Å². The minimum atomic E-state index is -0.541. The zero-order valence-electron chi connectivity index (χ0n) is 20.6. The second-order valence-electron chi connectivity index (χ2n) is 9.85. The van der Waals surface area contributed by atoms with Gasteiger partial charge in [-0.1, -0.05) is 69.0 Å². The number of benzene rings is 1. The van der Waals surface area contributed by atoms with Gasteiger partial charge in [-0.3, -0.25) is 14.4 Å². The molecular formula is C28H41N3O3. The standard InChI is InChI=1S/C28H41N3O3/c1-3-11-24(26(32)19-29-16-4-2)30-28(34)25-18-23(22-14-9-6-10-15-22)20-31(25)27(33)17-21-12-7-5-8-13-21/h4,6,9-10,14-15,21,23-25,29H,2-3,5,7-8,11-13,16-20H2,1H3,(H,30,34). The Bertz CT molecular complexity index is 819. The molecule has 1 aliphatic heterocycles. The van der Waals surface area contributed by atoms with Crippen molar-refractivity contribution in [3.8, 4) is 0 Å². The van der Waals surface area contributed by atoms with E-state index in [0.717, 1.165) is 24.8 Å². The third-order valence-corrected chi connectivity index (χ3v) is 7.25. The van der Waals surface area contributed by atoms with Gasteiger partial charge in [-0.25, -0.2) is 0 Å². The number of carbonyl (C=O) groups excluding carboxylic acids is 3. The molecule has 0 aromatic heterocycles. The highest BCUT2D eigenvalue weighted by Crippen LogP contribution is 2.34. The summed E-state index contributed by atoms with van der Waals surface area (Å²) in [6.07, 6.45) is 10.0. The molecule has 6 heteroatoms. The van der Waals surface area contributed by atoms with Gasteiger partial charge in [0.05, 0.1) is 12.6 Å². The SMILES string of the molecule is C=CCNCC(=O)C(CCC)NC(=O)C1CC(c2ccccc2)CN1C(=O)CC1CCCCC1. The van der Waals surface area contributed by atoms with E-state index < -0.39 is 12.1 Å². The number of amides is 2. The molecule has 1 saturated heterocycles. The normalized spacial score (nSPS) is 21.7. The summed E-state index contributed by atoms with van der Waals surface area (Å²) in [6, 6.07) is 9.06. The number of likely N-dealkylation sites (tertiary alicyclic amines) is 1. The molecule has 2 amide bonds. The molecule has 1 aliphatic carbocycles. The summed E-state index contributed by atoms with van der Waals surface area (Å²) in [5.74, 6) is 0.394. The number of Topliss-reactive ketones (excluding diaryl/α,β-unsaturated/α-hetero) is 1. The molecule has 186 valence electrons. The summed E-state index contributed by atoms with van der Waals surface area (Å²) in [5, 5.41) is 6.03.